The molecule has 0 spiro atoms. The number of anilines is 1. The Morgan fingerprint density at radius 2 is 1.81 bits per heavy atom. The maximum absolute atomic E-state index is 12.5. The van der Waals surface area contributed by atoms with E-state index in [1.165, 1.54) is 6.92 Å². The van der Waals surface area contributed by atoms with Crippen molar-refractivity contribution >= 4 is 29.1 Å². The molecular weight excluding hydrogens is 430 g/mol. The minimum absolute atomic E-state index is 0.0109. The molecule has 0 saturated carbocycles. The molecule has 0 saturated heterocycles. The molecule has 1 N–H and O–H groups in total. The number of furan rings is 1. The number of carbonyl (C=O) groups is 2. The summed E-state index contributed by atoms with van der Waals surface area (Å²) in [6.45, 7) is 2.18. The van der Waals surface area contributed by atoms with Crippen molar-refractivity contribution in [2.45, 2.75) is 20.1 Å². The fourth-order valence-electron chi connectivity index (χ4n) is 3.02. The van der Waals surface area contributed by atoms with Crippen LogP contribution in [0.1, 0.15) is 39.2 Å². The van der Waals surface area contributed by atoms with E-state index in [0.717, 1.165) is 5.56 Å². The van der Waals surface area contributed by atoms with Gasteiger partial charge in [-0.25, -0.2) is 0 Å². The van der Waals surface area contributed by atoms with Crippen molar-refractivity contribution in [1.29, 1.82) is 0 Å². The molecule has 2 aromatic carbocycles. The fraction of sp³-hybridized carbons (Fsp3) is 0.125. The Morgan fingerprint density at radius 3 is 2.53 bits per heavy atom. The summed E-state index contributed by atoms with van der Waals surface area (Å²) >= 11 is 6.23. The monoisotopic (exact) mass is 449 g/mol. The molecule has 0 aliphatic carbocycles. The number of aromatic nitrogens is 2. The van der Waals surface area contributed by atoms with Gasteiger partial charge < -0.3 is 14.5 Å². The number of hydrogen-bond acceptors (Lipinski definition) is 5. The zero-order valence-electron chi connectivity index (χ0n) is 17.2. The fourth-order valence-corrected chi connectivity index (χ4v) is 3.22. The third kappa shape index (κ3) is 5.25. The van der Waals surface area contributed by atoms with Crippen LogP contribution in [0.15, 0.2) is 77.3 Å². The molecule has 0 radical (unpaired) electrons. The van der Waals surface area contributed by atoms with Crippen LogP contribution in [0, 0.1) is 0 Å². The number of halogens is 1. The molecule has 0 aliphatic rings. The predicted molar refractivity (Wildman–Crippen MR) is 120 cm³/mol. The van der Waals surface area contributed by atoms with Crippen molar-refractivity contribution in [3.05, 3.63) is 101 Å². The van der Waals surface area contributed by atoms with E-state index in [-0.39, 0.29) is 24.0 Å². The van der Waals surface area contributed by atoms with E-state index < -0.39 is 5.91 Å². The molecule has 2 heterocycles. The van der Waals surface area contributed by atoms with Crippen LogP contribution in [-0.2, 0) is 13.2 Å². The van der Waals surface area contributed by atoms with Crippen LogP contribution in [0.5, 0.6) is 5.75 Å². The minimum Gasteiger partial charge on any atom is -0.486 e. The highest BCUT2D eigenvalue weighted by Gasteiger charge is 2.16. The van der Waals surface area contributed by atoms with Crippen molar-refractivity contribution in [3.63, 3.8) is 0 Å². The van der Waals surface area contributed by atoms with Crippen LogP contribution in [0.25, 0.3) is 0 Å². The topological polar surface area (TPSA) is 86.4 Å². The lowest BCUT2D eigenvalue weighted by atomic mass is 10.1. The average molecular weight is 450 g/mol. The Labute approximate surface area is 189 Å². The molecule has 1 amide bonds. The van der Waals surface area contributed by atoms with Gasteiger partial charge in [-0.1, -0.05) is 41.9 Å². The van der Waals surface area contributed by atoms with Gasteiger partial charge in [0.25, 0.3) is 5.91 Å². The van der Waals surface area contributed by atoms with Gasteiger partial charge in [0, 0.05) is 11.8 Å². The minimum atomic E-state index is -0.464. The Kier molecular flexibility index (Phi) is 6.37. The van der Waals surface area contributed by atoms with E-state index in [2.05, 4.69) is 10.4 Å². The molecule has 0 aliphatic heterocycles. The van der Waals surface area contributed by atoms with Crippen LogP contribution >= 0.6 is 11.6 Å². The number of benzene rings is 2. The molecule has 0 fully saturated rings. The zero-order chi connectivity index (χ0) is 22.5. The largest absolute Gasteiger partial charge is 0.486 e. The summed E-state index contributed by atoms with van der Waals surface area (Å²) in [5.41, 5.74) is 1.68. The molecule has 2 aromatic heterocycles. The van der Waals surface area contributed by atoms with Crippen LogP contribution < -0.4 is 10.1 Å². The van der Waals surface area contributed by atoms with Crippen molar-refractivity contribution in [2.24, 2.45) is 0 Å². The highest BCUT2D eigenvalue weighted by atomic mass is 35.5. The summed E-state index contributed by atoms with van der Waals surface area (Å²) in [6, 6.07) is 19.8. The molecule has 4 aromatic rings. The molecule has 0 unspecified atom stereocenters. The van der Waals surface area contributed by atoms with Crippen molar-refractivity contribution in [3.8, 4) is 5.75 Å². The maximum atomic E-state index is 12.5. The van der Waals surface area contributed by atoms with Crippen LogP contribution in [0.4, 0.5) is 5.82 Å². The van der Waals surface area contributed by atoms with E-state index in [9.17, 15) is 9.59 Å². The number of Topliss-reactive ketones (excluding diaryl/α,β-unsaturated/α-hetero) is 1. The quantitative estimate of drug-likeness (QED) is 0.373. The molecule has 8 heteroatoms. The number of nitrogens with one attached hydrogen (secondary N) is 1. The summed E-state index contributed by atoms with van der Waals surface area (Å²) < 4.78 is 12.9. The second-order valence-electron chi connectivity index (χ2n) is 7.10. The van der Waals surface area contributed by atoms with Crippen LogP contribution in [-0.4, -0.2) is 21.5 Å². The molecule has 4 rings (SSSR count). The number of rotatable bonds is 8. The maximum Gasteiger partial charge on any atom is 0.292 e. The first-order valence-corrected chi connectivity index (χ1v) is 10.3. The zero-order valence-corrected chi connectivity index (χ0v) is 18.0. The lowest BCUT2D eigenvalue weighted by Gasteiger charge is -2.05. The molecule has 0 bridgehead atoms. The highest BCUT2D eigenvalue weighted by Crippen LogP contribution is 2.22. The van der Waals surface area contributed by atoms with E-state index in [4.69, 9.17) is 20.8 Å². The SMILES string of the molecule is CC(=O)c1ccc(OCc2ccc(C(=O)Nc3nn(Cc4ccccc4)cc3Cl)o2)cc1. The molecule has 32 heavy (non-hydrogen) atoms. The Hall–Kier alpha value is -3.84. The van der Waals surface area contributed by atoms with Crippen molar-refractivity contribution in [2.75, 3.05) is 5.32 Å². The van der Waals surface area contributed by atoms with Gasteiger partial charge in [0.1, 0.15) is 23.1 Å². The van der Waals surface area contributed by atoms with E-state index in [0.29, 0.717) is 28.6 Å². The number of ether oxygens (including phenoxy) is 1. The Bertz CT molecular complexity index is 1230. The molecule has 0 atom stereocenters. The molecular formula is C24H20ClN3O4. The first-order valence-electron chi connectivity index (χ1n) is 9.88. The van der Waals surface area contributed by atoms with Gasteiger partial charge in [0.15, 0.2) is 17.4 Å². The average Bonchev–Trinajstić information content (AvgIpc) is 3.40. The highest BCUT2D eigenvalue weighted by molar-refractivity contribution is 6.33. The second kappa shape index (κ2) is 9.53. The van der Waals surface area contributed by atoms with E-state index in [1.54, 1.807) is 47.3 Å². The predicted octanol–water partition coefficient (Wildman–Crippen LogP) is 5.21. The van der Waals surface area contributed by atoms with Gasteiger partial charge in [-0.3, -0.25) is 14.3 Å². The Balaban J connectivity index is 1.35. The lowest BCUT2D eigenvalue weighted by molar-refractivity contribution is 0.0990. The standard InChI is InChI=1S/C24H20ClN3O4/c1-16(29)18-7-9-19(10-8-18)31-15-20-11-12-22(32-20)24(30)26-23-21(25)14-28(27-23)13-17-5-3-2-4-6-17/h2-12,14H,13,15H2,1H3,(H,26,27,30). The van der Waals surface area contributed by atoms with Crippen LogP contribution in [0.2, 0.25) is 5.02 Å². The number of hydrogen-bond donors (Lipinski definition) is 1. The van der Waals surface area contributed by atoms with E-state index >= 15 is 0 Å². The van der Waals surface area contributed by atoms with Crippen LogP contribution in [0.3, 0.4) is 0 Å². The first kappa shape index (κ1) is 21.4. The van der Waals surface area contributed by atoms with Gasteiger partial charge in [0.2, 0.25) is 0 Å². The van der Waals surface area contributed by atoms with Gasteiger partial charge in [-0.2, -0.15) is 5.10 Å². The summed E-state index contributed by atoms with van der Waals surface area (Å²) in [5, 5.41) is 7.33. The molecule has 7 nitrogen and oxygen atoms in total. The summed E-state index contributed by atoms with van der Waals surface area (Å²) in [4.78, 5) is 23.9. The molecule has 162 valence electrons. The number of carbonyl (C=O) groups excluding carboxylic acids is 2. The second-order valence-corrected chi connectivity index (χ2v) is 7.51. The third-order valence-electron chi connectivity index (χ3n) is 4.66. The number of nitrogens with zero attached hydrogens (tertiary/aromatic N) is 2. The first-order chi connectivity index (χ1) is 15.5. The van der Waals surface area contributed by atoms with Gasteiger partial charge in [-0.05, 0) is 48.9 Å². The van der Waals surface area contributed by atoms with Crippen molar-refractivity contribution in [1.82, 2.24) is 9.78 Å². The summed E-state index contributed by atoms with van der Waals surface area (Å²) in [7, 11) is 0. The lowest BCUT2D eigenvalue weighted by Crippen LogP contribution is -2.12. The number of amides is 1. The van der Waals surface area contributed by atoms with E-state index in [1.807, 2.05) is 30.3 Å². The van der Waals surface area contributed by atoms with Gasteiger partial charge in [-0.15, -0.1) is 0 Å². The summed E-state index contributed by atoms with van der Waals surface area (Å²) in [6.07, 6.45) is 1.66. The normalized spacial score (nSPS) is 10.7. The third-order valence-corrected chi connectivity index (χ3v) is 4.94. The Morgan fingerprint density at radius 1 is 1.06 bits per heavy atom. The van der Waals surface area contributed by atoms with Gasteiger partial charge >= 0.3 is 0 Å². The van der Waals surface area contributed by atoms with Gasteiger partial charge in [0.05, 0.1) is 6.54 Å². The summed E-state index contributed by atoms with van der Waals surface area (Å²) in [5.74, 6) is 0.966. The van der Waals surface area contributed by atoms with Crippen molar-refractivity contribution < 1.29 is 18.7 Å². The smallest absolute Gasteiger partial charge is 0.292 e. The number of ketones is 1.